The number of para-hydroxylation sites is 1. The molecule has 0 atom stereocenters. The van der Waals surface area contributed by atoms with Gasteiger partial charge in [0.25, 0.3) is 0 Å². The molecular weight excluding hydrogens is 330 g/mol. The molecule has 5 nitrogen and oxygen atoms in total. The molecule has 0 aliphatic heterocycles. The predicted octanol–water partition coefficient (Wildman–Crippen LogP) is 4.27. The van der Waals surface area contributed by atoms with Gasteiger partial charge in [0.15, 0.2) is 0 Å². The van der Waals surface area contributed by atoms with Crippen LogP contribution in [0.25, 0.3) is 22.0 Å². The molecule has 1 heterocycles. The van der Waals surface area contributed by atoms with E-state index in [9.17, 15) is 9.90 Å². The van der Waals surface area contributed by atoms with Crippen molar-refractivity contribution in [1.29, 1.82) is 0 Å². The molecule has 24 heavy (non-hydrogen) atoms. The minimum absolute atomic E-state index is 0.0622. The van der Waals surface area contributed by atoms with Gasteiger partial charge in [0.05, 0.1) is 30.3 Å². The highest BCUT2D eigenvalue weighted by Gasteiger charge is 2.20. The first-order valence-corrected chi connectivity index (χ1v) is 7.48. The first-order valence-electron chi connectivity index (χ1n) is 7.10. The summed E-state index contributed by atoms with van der Waals surface area (Å²) in [5.74, 6) is -0.158. The number of methoxy groups -OCH3 is 2. The van der Waals surface area contributed by atoms with E-state index in [1.165, 1.54) is 20.3 Å². The maximum atomic E-state index is 11.5. The molecule has 1 N–H and O–H groups in total. The third kappa shape index (κ3) is 2.63. The van der Waals surface area contributed by atoms with Gasteiger partial charge in [-0.1, -0.05) is 29.8 Å². The van der Waals surface area contributed by atoms with E-state index in [0.29, 0.717) is 33.2 Å². The molecule has 0 fully saturated rings. The van der Waals surface area contributed by atoms with Crippen LogP contribution >= 0.6 is 11.6 Å². The number of carboxylic acid groups (broad SMARTS) is 1. The van der Waals surface area contributed by atoms with E-state index < -0.39 is 5.97 Å². The number of hydrogen-bond acceptors (Lipinski definition) is 4. The molecule has 0 saturated heterocycles. The number of benzene rings is 2. The lowest BCUT2D eigenvalue weighted by atomic mass is 9.98. The van der Waals surface area contributed by atoms with Crippen LogP contribution in [0.4, 0.5) is 0 Å². The van der Waals surface area contributed by atoms with Crippen LogP contribution in [-0.4, -0.2) is 30.3 Å². The molecule has 0 bridgehead atoms. The third-order valence-electron chi connectivity index (χ3n) is 3.70. The molecule has 122 valence electrons. The number of aromatic carboxylic acids is 1. The summed E-state index contributed by atoms with van der Waals surface area (Å²) in [7, 11) is 3.04. The fourth-order valence-electron chi connectivity index (χ4n) is 2.66. The Hall–Kier alpha value is -2.79. The number of ether oxygens (including phenoxy) is 2. The van der Waals surface area contributed by atoms with Crippen molar-refractivity contribution in [2.45, 2.75) is 0 Å². The van der Waals surface area contributed by atoms with Gasteiger partial charge in [0.2, 0.25) is 0 Å². The molecule has 0 radical (unpaired) electrons. The fourth-order valence-corrected chi connectivity index (χ4v) is 2.89. The summed E-state index contributed by atoms with van der Waals surface area (Å²) in [4.78, 5) is 15.6. The second-order valence-electron chi connectivity index (χ2n) is 5.04. The Labute approximate surface area is 143 Å². The van der Waals surface area contributed by atoms with Crippen molar-refractivity contribution in [1.82, 2.24) is 4.98 Å². The normalized spacial score (nSPS) is 10.6. The predicted molar refractivity (Wildman–Crippen MR) is 92.3 cm³/mol. The van der Waals surface area contributed by atoms with E-state index >= 15 is 0 Å². The Bertz CT molecular complexity index is 940. The van der Waals surface area contributed by atoms with Crippen LogP contribution in [0.15, 0.2) is 42.5 Å². The monoisotopic (exact) mass is 343 g/mol. The van der Waals surface area contributed by atoms with Crippen LogP contribution in [0.2, 0.25) is 5.02 Å². The molecule has 0 unspecified atom stereocenters. The second kappa shape index (κ2) is 6.37. The standard InChI is InChI=1S/C18H14ClNO4/c1-23-15-8-7-12(19)17(24-2)16(15)11-9-14(18(21)22)20-13-6-4-3-5-10(11)13/h3-9H,1-2H3,(H,21,22). The first kappa shape index (κ1) is 16.1. The van der Waals surface area contributed by atoms with Crippen molar-refractivity contribution < 1.29 is 19.4 Å². The van der Waals surface area contributed by atoms with Gasteiger partial charge in [-0.05, 0) is 24.3 Å². The largest absolute Gasteiger partial charge is 0.496 e. The average molecular weight is 344 g/mol. The van der Waals surface area contributed by atoms with Crippen molar-refractivity contribution in [2.24, 2.45) is 0 Å². The third-order valence-corrected chi connectivity index (χ3v) is 4.00. The highest BCUT2D eigenvalue weighted by Crippen LogP contribution is 2.45. The number of rotatable bonds is 4. The minimum Gasteiger partial charge on any atom is -0.496 e. The van der Waals surface area contributed by atoms with Crippen LogP contribution in [0.3, 0.4) is 0 Å². The lowest BCUT2D eigenvalue weighted by Gasteiger charge is -2.16. The Morgan fingerprint density at radius 1 is 1.12 bits per heavy atom. The van der Waals surface area contributed by atoms with Gasteiger partial charge in [0, 0.05) is 10.9 Å². The molecule has 3 rings (SSSR count). The number of carboxylic acids is 1. The van der Waals surface area contributed by atoms with Gasteiger partial charge in [-0.2, -0.15) is 0 Å². The number of hydrogen-bond donors (Lipinski definition) is 1. The van der Waals surface area contributed by atoms with Crippen molar-refractivity contribution in [3.8, 4) is 22.6 Å². The van der Waals surface area contributed by atoms with Gasteiger partial charge < -0.3 is 14.6 Å². The average Bonchev–Trinajstić information content (AvgIpc) is 2.60. The molecule has 2 aromatic carbocycles. The summed E-state index contributed by atoms with van der Waals surface area (Å²) in [5.41, 5.74) is 1.73. The van der Waals surface area contributed by atoms with E-state index in [0.717, 1.165) is 5.39 Å². The molecule has 0 amide bonds. The number of carbonyl (C=O) groups is 1. The molecule has 0 aliphatic carbocycles. The SMILES string of the molecule is COc1ccc(Cl)c(OC)c1-c1cc(C(=O)O)nc2ccccc12. The van der Waals surface area contributed by atoms with Crippen LogP contribution in [0, 0.1) is 0 Å². The van der Waals surface area contributed by atoms with Crippen LogP contribution in [0.5, 0.6) is 11.5 Å². The number of pyridine rings is 1. The summed E-state index contributed by atoms with van der Waals surface area (Å²) in [6.07, 6.45) is 0. The summed E-state index contributed by atoms with van der Waals surface area (Å²) < 4.78 is 10.9. The molecule has 3 aromatic rings. The van der Waals surface area contributed by atoms with E-state index in [-0.39, 0.29) is 5.69 Å². The van der Waals surface area contributed by atoms with Crippen molar-refractivity contribution in [3.05, 3.63) is 53.2 Å². The minimum atomic E-state index is -1.11. The van der Waals surface area contributed by atoms with E-state index in [4.69, 9.17) is 21.1 Å². The fraction of sp³-hybridized carbons (Fsp3) is 0.111. The topological polar surface area (TPSA) is 68.7 Å². The van der Waals surface area contributed by atoms with Gasteiger partial charge in [0.1, 0.15) is 17.2 Å². The number of nitrogens with zero attached hydrogens (tertiary/aromatic N) is 1. The van der Waals surface area contributed by atoms with E-state index in [2.05, 4.69) is 4.98 Å². The van der Waals surface area contributed by atoms with Gasteiger partial charge in [-0.25, -0.2) is 9.78 Å². The summed E-state index contributed by atoms with van der Waals surface area (Å²) in [5, 5.41) is 10.6. The quantitative estimate of drug-likeness (QED) is 0.766. The maximum absolute atomic E-state index is 11.5. The van der Waals surface area contributed by atoms with Crippen molar-refractivity contribution in [2.75, 3.05) is 14.2 Å². The Balaban J connectivity index is 2.46. The number of aromatic nitrogens is 1. The summed E-state index contributed by atoms with van der Waals surface area (Å²) >= 11 is 6.25. The molecule has 0 aliphatic rings. The zero-order chi connectivity index (χ0) is 17.3. The van der Waals surface area contributed by atoms with E-state index in [1.54, 1.807) is 24.3 Å². The first-order chi connectivity index (χ1) is 11.6. The van der Waals surface area contributed by atoms with Crippen LogP contribution < -0.4 is 9.47 Å². The zero-order valence-electron chi connectivity index (χ0n) is 13.0. The number of halogens is 1. The Morgan fingerprint density at radius 2 is 1.88 bits per heavy atom. The summed E-state index contributed by atoms with van der Waals surface area (Å²) in [6.45, 7) is 0. The molecule has 0 saturated carbocycles. The van der Waals surface area contributed by atoms with Crippen LogP contribution in [-0.2, 0) is 0 Å². The molecular formula is C18H14ClNO4. The van der Waals surface area contributed by atoms with Crippen LogP contribution in [0.1, 0.15) is 10.5 Å². The van der Waals surface area contributed by atoms with Gasteiger partial charge in [-0.15, -0.1) is 0 Å². The second-order valence-corrected chi connectivity index (χ2v) is 5.44. The molecule has 1 aromatic heterocycles. The lowest BCUT2D eigenvalue weighted by molar-refractivity contribution is 0.0691. The van der Waals surface area contributed by atoms with Crippen molar-refractivity contribution in [3.63, 3.8) is 0 Å². The molecule has 6 heteroatoms. The summed E-state index contributed by atoms with van der Waals surface area (Å²) in [6, 6.07) is 12.2. The lowest BCUT2D eigenvalue weighted by Crippen LogP contribution is -2.02. The van der Waals surface area contributed by atoms with Gasteiger partial charge in [-0.3, -0.25) is 0 Å². The maximum Gasteiger partial charge on any atom is 0.354 e. The number of fused-ring (bicyclic) bond motifs is 1. The zero-order valence-corrected chi connectivity index (χ0v) is 13.8. The Kier molecular flexibility index (Phi) is 4.27. The van der Waals surface area contributed by atoms with Gasteiger partial charge >= 0.3 is 5.97 Å². The highest BCUT2D eigenvalue weighted by atomic mass is 35.5. The molecule has 0 spiro atoms. The highest BCUT2D eigenvalue weighted by molar-refractivity contribution is 6.32. The smallest absolute Gasteiger partial charge is 0.354 e. The van der Waals surface area contributed by atoms with E-state index in [1.807, 2.05) is 12.1 Å². The van der Waals surface area contributed by atoms with Crippen molar-refractivity contribution >= 4 is 28.5 Å². The Morgan fingerprint density at radius 3 is 2.54 bits per heavy atom.